The third kappa shape index (κ3) is 31.4. The molecule has 0 radical (unpaired) electrons. The molecular weight excluding hydrogens is 1700 g/mol. The van der Waals surface area contributed by atoms with Crippen LogP contribution in [-0.4, -0.2) is 229 Å². The van der Waals surface area contributed by atoms with Crippen molar-refractivity contribution in [1.82, 2.24) is 71.8 Å². The van der Waals surface area contributed by atoms with Crippen LogP contribution in [0, 0.1) is 100 Å². The molecule has 134 heavy (non-hydrogen) atoms. The van der Waals surface area contributed by atoms with Gasteiger partial charge in [0.2, 0.25) is 17.8 Å². The number of hydrogen-bond donors (Lipinski definition) is 11. The van der Waals surface area contributed by atoms with Gasteiger partial charge in [-0.1, -0.05) is 107 Å². The van der Waals surface area contributed by atoms with Gasteiger partial charge in [-0.05, 0) is 186 Å². The topological polar surface area (TPSA) is 436 Å². The molecule has 0 aliphatic carbocycles. The number of likely N-dealkylation sites (N-methyl/N-ethyl adjacent to an activating group) is 2. The minimum absolute atomic E-state index is 0.00509. The molecule has 11 rings (SSSR count). The van der Waals surface area contributed by atoms with E-state index in [2.05, 4.69) is 183 Å². The van der Waals surface area contributed by atoms with Crippen LogP contribution in [0.1, 0.15) is 195 Å². The summed E-state index contributed by atoms with van der Waals surface area (Å²) in [4.78, 5) is 111. The molecule has 3 saturated heterocycles. The van der Waals surface area contributed by atoms with Gasteiger partial charge in [0, 0.05) is 151 Å². The number of hydroxylamine groups is 3. The van der Waals surface area contributed by atoms with Gasteiger partial charge in [0.15, 0.2) is 52.4 Å². The highest BCUT2D eigenvalue weighted by Gasteiger charge is 2.31. The number of aryl methyl sites for hydroxylation is 4. The van der Waals surface area contributed by atoms with Crippen molar-refractivity contribution in [3.05, 3.63) is 151 Å². The maximum Gasteiger partial charge on any atom is 0.274 e. The van der Waals surface area contributed by atoms with Crippen LogP contribution in [-0.2, 0) is 14.5 Å². The Hall–Kier alpha value is -13.4. The fourth-order valence-corrected chi connectivity index (χ4v) is 14.8. The predicted molar refractivity (Wildman–Crippen MR) is 528 cm³/mol. The molecule has 3 aliphatic heterocycles. The first kappa shape index (κ1) is 106. The summed E-state index contributed by atoms with van der Waals surface area (Å²) in [6.45, 7) is 46.7. The second-order valence-electron chi connectivity index (χ2n) is 38.5. The lowest BCUT2D eigenvalue weighted by Crippen LogP contribution is -2.33. The van der Waals surface area contributed by atoms with Crippen LogP contribution in [0.2, 0.25) is 0 Å². The first-order chi connectivity index (χ1) is 63.3. The largest absolute Gasteiger partial charge is 0.367 e. The van der Waals surface area contributed by atoms with Crippen molar-refractivity contribution in [3.8, 4) is 24.3 Å². The summed E-state index contributed by atoms with van der Waals surface area (Å²) in [6, 6.07) is 31.4. The van der Waals surface area contributed by atoms with Gasteiger partial charge >= 0.3 is 0 Å². The summed E-state index contributed by atoms with van der Waals surface area (Å²) >= 11 is 0. The first-order valence-electron chi connectivity index (χ1n) is 44.9. The summed E-state index contributed by atoms with van der Waals surface area (Å²) in [7, 11) is 14.4. The third-order valence-electron chi connectivity index (χ3n) is 21.4. The van der Waals surface area contributed by atoms with Crippen LogP contribution in [0.4, 0.5) is 91.5 Å². The number of aromatic nitrogens is 7. The van der Waals surface area contributed by atoms with Crippen LogP contribution in [0.25, 0.3) is 0 Å². The second kappa shape index (κ2) is 48.3. The molecule has 36 nitrogen and oxygen atoms in total. The number of halogens is 1. The number of rotatable bonds is 28. The van der Waals surface area contributed by atoms with E-state index < -0.39 is 11.7 Å². The van der Waals surface area contributed by atoms with Crippen molar-refractivity contribution in [2.24, 2.45) is 21.7 Å². The van der Waals surface area contributed by atoms with Crippen molar-refractivity contribution < 1.29 is 38.1 Å². The van der Waals surface area contributed by atoms with E-state index in [9.17, 15) is 44.6 Å². The predicted octanol–water partition coefficient (Wildman–Crippen LogP) is 13.9. The standard InChI is InChI=1S/C27H40N8O2.C26H38N8O2.C24H34N8O.C20H24FN5O2/c1-8-37-32-25(36)20-11-10-19(2)22(16-20)29-23-21(17-28)24(35-13-9-12-33(6)14-15-35)31-26(30-23)34(7)18-27(3,4)5;1-18-9-10-19(24(35)31-36-7)15-21(18)28-25-29-22(33(6)17-26(2,3)4)20(16-27)23(30-25)34-12-8-11-32(5)13-14-34;1-15-7-8-16(22(33)26-5)11-19(15)29-21-18(12-25)20(28-17-9-10-27-13-17)30-23(31-21)32(6)14-24(2,3)4;1-12-6-7-13(19(27)26-28-5)9-16(12)24-17-14(10-22)8-15(21)18(25-17)23-11-20(2,3)4/h10-11,16H,8-9,12-15,18H2,1-7H3,(H,32,36)(H,29,30,31);9-10,15H,8,11-14,17H2,1-7H3,(H,31,35)(H,28,29,30);7-8,11,17,27H,9-10,13-14H2,1-6H3,(H,26,33)(H2,28,29,30,31);6-9H,11H2,1-5H3,(H,26,27)(H2,23,24,25)/t;;17-;/m..1./s1. The fraction of sp³-hybridized carbons (Fsp3) is 0.495. The van der Waals surface area contributed by atoms with Gasteiger partial charge in [0.1, 0.15) is 41.0 Å². The molecule has 0 unspecified atom stereocenters. The molecule has 1 atom stereocenters. The number of amides is 4. The minimum atomic E-state index is -0.601. The van der Waals surface area contributed by atoms with E-state index in [-0.39, 0.29) is 62.6 Å². The number of carbonyl (C=O) groups is 4. The zero-order valence-electron chi connectivity index (χ0n) is 82.6. The molecule has 0 saturated carbocycles. The second-order valence-corrected chi connectivity index (χ2v) is 38.5. The molecule has 4 aromatic heterocycles. The number of nitrogens with one attached hydrogen (secondary N) is 11. The zero-order chi connectivity index (χ0) is 98.7. The summed E-state index contributed by atoms with van der Waals surface area (Å²) in [5.74, 6) is 3.04. The zero-order valence-corrected chi connectivity index (χ0v) is 82.6. The highest BCUT2D eigenvalue weighted by molar-refractivity contribution is 5.97. The van der Waals surface area contributed by atoms with Crippen molar-refractivity contribution >= 4 is 111 Å². The van der Waals surface area contributed by atoms with Gasteiger partial charge in [-0.15, -0.1) is 0 Å². The molecule has 718 valence electrons. The van der Waals surface area contributed by atoms with Gasteiger partial charge in [-0.3, -0.25) is 33.7 Å². The van der Waals surface area contributed by atoms with Gasteiger partial charge < -0.3 is 76.8 Å². The smallest absolute Gasteiger partial charge is 0.274 e. The quantitative estimate of drug-likeness (QED) is 0.0203. The molecule has 7 heterocycles. The van der Waals surface area contributed by atoms with E-state index in [1.54, 1.807) is 68.6 Å². The molecule has 0 spiro atoms. The highest BCUT2D eigenvalue weighted by atomic mass is 19.1. The van der Waals surface area contributed by atoms with Crippen molar-refractivity contribution in [2.75, 3.05) is 211 Å². The highest BCUT2D eigenvalue weighted by Crippen LogP contribution is 2.37. The molecular formula is C97H136FN29O7. The number of nitriles is 4. The minimum Gasteiger partial charge on any atom is -0.367 e. The first-order valence-corrected chi connectivity index (χ1v) is 44.9. The summed E-state index contributed by atoms with van der Waals surface area (Å²) < 4.78 is 14.3. The van der Waals surface area contributed by atoms with Gasteiger partial charge in [0.05, 0.1) is 26.4 Å². The summed E-state index contributed by atoms with van der Waals surface area (Å²) in [6.07, 6.45) is 2.92. The summed E-state index contributed by atoms with van der Waals surface area (Å²) in [5.41, 5.74) is 16.3. The van der Waals surface area contributed by atoms with Crippen LogP contribution < -0.4 is 83.5 Å². The normalized spacial score (nSPS) is 14.1. The number of carbonyl (C=O) groups excluding carboxylic acids is 4. The Labute approximate surface area is 789 Å². The lowest BCUT2D eigenvalue weighted by Gasteiger charge is -2.30. The SMILES string of the molecule is CCONC(=O)c1ccc(C)c(Nc2nc(N(C)CC(C)(C)C)nc(N3CCCN(C)CC3)c2C#N)c1.CNC(=O)c1ccc(C)c(Nc2nc(N(C)CC(C)(C)C)nc(N[C@@H]3CCNC3)c2C#N)c1.CONC(=O)c1ccc(C)c(Nc2nc(N(C)CC(C)(C)C)c(C#N)c(N3CCCN(C)CC3)n2)c1.CONC(=O)c1ccc(C)c(Nc2nc(NCC(C)(C)C)c(F)cc2C#N)c1. The number of nitrogens with zero attached hydrogens (tertiary/aromatic N) is 18. The number of anilines is 15. The van der Waals surface area contributed by atoms with E-state index in [1.165, 1.54) is 14.2 Å². The van der Waals surface area contributed by atoms with Crippen LogP contribution in [0.15, 0.2) is 78.9 Å². The molecule has 3 aliphatic rings. The molecule has 0 bridgehead atoms. The fourth-order valence-electron chi connectivity index (χ4n) is 14.8. The van der Waals surface area contributed by atoms with Gasteiger partial charge in [-0.25, -0.2) is 25.8 Å². The summed E-state index contributed by atoms with van der Waals surface area (Å²) in [5, 5.41) is 65.2. The van der Waals surface area contributed by atoms with Crippen molar-refractivity contribution in [2.45, 2.75) is 143 Å². The average Bonchev–Trinajstić information content (AvgIpc) is 0.936. The molecule has 4 aromatic carbocycles. The van der Waals surface area contributed by atoms with E-state index >= 15 is 0 Å². The molecule has 8 aromatic rings. The lowest BCUT2D eigenvalue weighted by molar-refractivity contribution is 0.0364. The maximum atomic E-state index is 14.3. The molecule has 11 N–H and O–H groups in total. The number of benzene rings is 4. The van der Waals surface area contributed by atoms with Gasteiger partial charge in [-0.2, -0.15) is 51.0 Å². The molecule has 4 amide bonds. The Morgan fingerprint density at radius 2 is 0.910 bits per heavy atom. The van der Waals surface area contributed by atoms with E-state index in [4.69, 9.17) is 39.6 Å². The monoisotopic (exact) mass is 1840 g/mol. The Kier molecular flexibility index (Phi) is 38.2. The number of pyridine rings is 1. The van der Waals surface area contributed by atoms with Crippen LogP contribution >= 0.6 is 0 Å². The maximum absolute atomic E-state index is 14.3. The van der Waals surface area contributed by atoms with E-state index in [0.29, 0.717) is 134 Å². The third-order valence-corrected chi connectivity index (χ3v) is 21.4. The van der Waals surface area contributed by atoms with E-state index in [0.717, 1.165) is 126 Å². The van der Waals surface area contributed by atoms with E-state index in [1.807, 2.05) is 109 Å². The Morgan fingerprint density at radius 1 is 0.485 bits per heavy atom. The Morgan fingerprint density at radius 3 is 1.34 bits per heavy atom. The van der Waals surface area contributed by atoms with Crippen LogP contribution in [0.5, 0.6) is 0 Å². The Bertz CT molecular complexity index is 5580. The van der Waals surface area contributed by atoms with Gasteiger partial charge in [0.25, 0.3) is 23.6 Å². The Balaban J connectivity index is 0.000000221. The number of hydrogen-bond acceptors (Lipinski definition) is 32. The molecule has 3 fully saturated rings. The average molecular weight is 1840 g/mol. The lowest BCUT2D eigenvalue weighted by atomic mass is 9.96. The molecule has 37 heteroatoms. The van der Waals surface area contributed by atoms with Crippen LogP contribution in [0.3, 0.4) is 0 Å². The van der Waals surface area contributed by atoms with Crippen molar-refractivity contribution in [3.63, 3.8) is 0 Å². The van der Waals surface area contributed by atoms with Crippen molar-refractivity contribution in [1.29, 1.82) is 21.0 Å².